The summed E-state index contributed by atoms with van der Waals surface area (Å²) < 4.78 is 1.63. The van der Waals surface area contributed by atoms with Gasteiger partial charge < -0.3 is 10.8 Å². The fourth-order valence-electron chi connectivity index (χ4n) is 1.32. The Morgan fingerprint density at radius 1 is 1.57 bits per heavy atom. The number of aliphatic hydroxyl groups is 1. The van der Waals surface area contributed by atoms with Crippen molar-refractivity contribution in [3.05, 3.63) is 30.2 Å². The minimum Gasteiger partial charge on any atom is -0.388 e. The van der Waals surface area contributed by atoms with E-state index in [4.69, 9.17) is 5.73 Å². The Morgan fingerprint density at radius 3 is 3.21 bits per heavy atom. The molecule has 2 rings (SSSR count). The molecule has 2 aromatic heterocycles. The molecule has 74 valence electrons. The lowest BCUT2D eigenvalue weighted by molar-refractivity contribution is 0.169. The van der Waals surface area contributed by atoms with E-state index in [1.807, 2.05) is 0 Å². The molecule has 0 bridgehead atoms. The summed E-state index contributed by atoms with van der Waals surface area (Å²) in [5.74, 6) is 0. The second kappa shape index (κ2) is 3.73. The number of aromatic nitrogens is 3. The van der Waals surface area contributed by atoms with Crippen molar-refractivity contribution in [1.29, 1.82) is 0 Å². The smallest absolute Gasteiger partial charge is 0.154 e. The average molecular weight is 192 g/mol. The first kappa shape index (κ1) is 9.11. The van der Waals surface area contributed by atoms with Gasteiger partial charge in [0.05, 0.1) is 12.3 Å². The van der Waals surface area contributed by atoms with Gasteiger partial charge in [0, 0.05) is 24.0 Å². The predicted molar refractivity (Wildman–Crippen MR) is 51.6 cm³/mol. The maximum absolute atomic E-state index is 9.66. The van der Waals surface area contributed by atoms with Crippen LogP contribution in [0.2, 0.25) is 0 Å². The molecule has 0 spiro atoms. The number of rotatable bonds is 3. The number of hydrogen-bond acceptors (Lipinski definition) is 4. The number of fused-ring (bicyclic) bond motifs is 1. The molecule has 0 fully saturated rings. The zero-order chi connectivity index (χ0) is 9.97. The van der Waals surface area contributed by atoms with Crippen LogP contribution < -0.4 is 5.73 Å². The molecule has 2 aromatic rings. The zero-order valence-electron chi connectivity index (χ0n) is 7.67. The molecule has 0 unspecified atom stereocenters. The second-order valence-electron chi connectivity index (χ2n) is 3.11. The van der Waals surface area contributed by atoms with E-state index in [0.29, 0.717) is 13.0 Å². The highest BCUT2D eigenvalue weighted by molar-refractivity contribution is 5.36. The van der Waals surface area contributed by atoms with E-state index >= 15 is 0 Å². The van der Waals surface area contributed by atoms with Crippen LogP contribution in [-0.4, -0.2) is 26.2 Å². The lowest BCUT2D eigenvalue weighted by Gasteiger charge is -2.08. The van der Waals surface area contributed by atoms with Crippen molar-refractivity contribution in [2.75, 3.05) is 6.54 Å². The Balaban J connectivity index is 2.33. The Hall–Kier alpha value is -1.46. The summed E-state index contributed by atoms with van der Waals surface area (Å²) in [4.78, 5) is 4.14. The van der Waals surface area contributed by atoms with E-state index in [1.54, 1.807) is 29.2 Å². The quantitative estimate of drug-likeness (QED) is 0.723. The summed E-state index contributed by atoms with van der Waals surface area (Å²) >= 11 is 0. The molecular formula is C9H12N4O. The Labute approximate surface area is 81.2 Å². The van der Waals surface area contributed by atoms with E-state index in [1.165, 1.54) is 0 Å². The number of nitrogens with two attached hydrogens (primary N) is 1. The molecule has 3 N–H and O–H groups in total. The van der Waals surface area contributed by atoms with Crippen LogP contribution >= 0.6 is 0 Å². The van der Waals surface area contributed by atoms with Gasteiger partial charge in [-0.1, -0.05) is 0 Å². The molecule has 0 saturated heterocycles. The van der Waals surface area contributed by atoms with Gasteiger partial charge in [-0.2, -0.15) is 5.10 Å². The summed E-state index contributed by atoms with van der Waals surface area (Å²) in [7, 11) is 0. The van der Waals surface area contributed by atoms with Crippen molar-refractivity contribution in [1.82, 2.24) is 14.6 Å². The van der Waals surface area contributed by atoms with E-state index in [2.05, 4.69) is 10.1 Å². The second-order valence-corrected chi connectivity index (χ2v) is 3.11. The standard InChI is InChI=1S/C9H12N4O/c10-3-1-8(14)7-5-11-9-2-4-12-13(9)6-7/h2,4-6,8,14H,1,3,10H2/t8-/m0/s1. The lowest BCUT2D eigenvalue weighted by atomic mass is 10.1. The van der Waals surface area contributed by atoms with Gasteiger partial charge in [0.2, 0.25) is 0 Å². The monoisotopic (exact) mass is 192 g/mol. The van der Waals surface area contributed by atoms with Gasteiger partial charge >= 0.3 is 0 Å². The van der Waals surface area contributed by atoms with Crippen LogP contribution in [-0.2, 0) is 0 Å². The van der Waals surface area contributed by atoms with Gasteiger partial charge in [0.25, 0.3) is 0 Å². The molecule has 0 aliphatic heterocycles. The Bertz CT molecular complexity index is 425. The summed E-state index contributed by atoms with van der Waals surface area (Å²) in [6.07, 6.45) is 5.07. The van der Waals surface area contributed by atoms with Crippen molar-refractivity contribution in [2.45, 2.75) is 12.5 Å². The Morgan fingerprint density at radius 2 is 2.43 bits per heavy atom. The first-order valence-corrected chi connectivity index (χ1v) is 4.48. The molecule has 5 nitrogen and oxygen atoms in total. The van der Waals surface area contributed by atoms with Gasteiger partial charge in [-0.15, -0.1) is 0 Å². The van der Waals surface area contributed by atoms with Crippen LogP contribution in [0.3, 0.4) is 0 Å². The van der Waals surface area contributed by atoms with Crippen molar-refractivity contribution in [3.63, 3.8) is 0 Å². The van der Waals surface area contributed by atoms with Crippen LogP contribution in [0.1, 0.15) is 18.1 Å². The van der Waals surface area contributed by atoms with E-state index in [-0.39, 0.29) is 0 Å². The average Bonchev–Trinajstić information content (AvgIpc) is 2.64. The number of aliphatic hydroxyl groups excluding tert-OH is 1. The topological polar surface area (TPSA) is 76.4 Å². The van der Waals surface area contributed by atoms with Gasteiger partial charge in [-0.3, -0.25) is 0 Å². The molecular weight excluding hydrogens is 180 g/mol. The van der Waals surface area contributed by atoms with Crippen molar-refractivity contribution in [2.24, 2.45) is 5.73 Å². The first-order chi connectivity index (χ1) is 6.81. The molecule has 0 aliphatic carbocycles. The fourth-order valence-corrected chi connectivity index (χ4v) is 1.32. The summed E-state index contributed by atoms with van der Waals surface area (Å²) in [5, 5.41) is 13.7. The number of nitrogens with zero attached hydrogens (tertiary/aromatic N) is 3. The molecule has 0 aliphatic rings. The Kier molecular flexibility index (Phi) is 2.43. The first-order valence-electron chi connectivity index (χ1n) is 4.48. The van der Waals surface area contributed by atoms with Gasteiger partial charge in [-0.05, 0) is 13.0 Å². The third-order valence-electron chi connectivity index (χ3n) is 2.09. The highest BCUT2D eigenvalue weighted by Crippen LogP contribution is 2.14. The lowest BCUT2D eigenvalue weighted by Crippen LogP contribution is -2.08. The molecule has 0 radical (unpaired) electrons. The van der Waals surface area contributed by atoms with Crippen molar-refractivity contribution >= 4 is 5.65 Å². The van der Waals surface area contributed by atoms with E-state index in [9.17, 15) is 5.11 Å². The normalized spacial score (nSPS) is 13.3. The third kappa shape index (κ3) is 1.59. The van der Waals surface area contributed by atoms with Gasteiger partial charge in [0.1, 0.15) is 0 Å². The summed E-state index contributed by atoms with van der Waals surface area (Å²) in [6, 6.07) is 1.80. The van der Waals surface area contributed by atoms with Crippen LogP contribution in [0.15, 0.2) is 24.7 Å². The minimum atomic E-state index is -0.555. The van der Waals surface area contributed by atoms with Crippen LogP contribution in [0, 0.1) is 0 Å². The van der Waals surface area contributed by atoms with Crippen LogP contribution in [0.5, 0.6) is 0 Å². The fraction of sp³-hybridized carbons (Fsp3) is 0.333. The predicted octanol–water partition coefficient (Wildman–Crippen LogP) is 0.112. The van der Waals surface area contributed by atoms with Crippen LogP contribution in [0.25, 0.3) is 5.65 Å². The molecule has 0 amide bonds. The van der Waals surface area contributed by atoms with Crippen molar-refractivity contribution < 1.29 is 5.11 Å². The molecule has 5 heteroatoms. The van der Waals surface area contributed by atoms with Gasteiger partial charge in [0.15, 0.2) is 5.65 Å². The highest BCUT2D eigenvalue weighted by Gasteiger charge is 2.07. The zero-order valence-corrected chi connectivity index (χ0v) is 7.67. The highest BCUT2D eigenvalue weighted by atomic mass is 16.3. The maximum Gasteiger partial charge on any atom is 0.154 e. The van der Waals surface area contributed by atoms with E-state index in [0.717, 1.165) is 11.2 Å². The molecule has 2 heterocycles. The third-order valence-corrected chi connectivity index (χ3v) is 2.09. The SMILES string of the molecule is NCC[C@H](O)c1cnc2ccnn2c1. The molecule has 14 heavy (non-hydrogen) atoms. The molecule has 0 saturated carbocycles. The van der Waals surface area contributed by atoms with Crippen LogP contribution in [0.4, 0.5) is 0 Å². The molecule has 0 aromatic carbocycles. The maximum atomic E-state index is 9.66. The summed E-state index contributed by atoms with van der Waals surface area (Å²) in [6.45, 7) is 0.457. The van der Waals surface area contributed by atoms with E-state index < -0.39 is 6.10 Å². The minimum absolute atomic E-state index is 0.457. The van der Waals surface area contributed by atoms with Gasteiger partial charge in [-0.25, -0.2) is 9.50 Å². The number of hydrogen-bond donors (Lipinski definition) is 2. The summed E-state index contributed by atoms with van der Waals surface area (Å²) in [5.41, 5.74) is 6.87. The van der Waals surface area contributed by atoms with Crippen molar-refractivity contribution in [3.8, 4) is 0 Å². The largest absolute Gasteiger partial charge is 0.388 e. The molecule has 1 atom stereocenters.